The van der Waals surface area contributed by atoms with Crippen molar-refractivity contribution in [3.63, 3.8) is 0 Å². The highest BCUT2D eigenvalue weighted by Gasteiger charge is 2.10. The molecule has 3 N–H and O–H groups in total. The molecule has 0 aliphatic heterocycles. The second kappa shape index (κ2) is 4.55. The largest absolute Gasteiger partial charge is 0.394 e. The van der Waals surface area contributed by atoms with E-state index in [1.807, 2.05) is 42.5 Å². The van der Waals surface area contributed by atoms with Crippen LogP contribution in [0.15, 0.2) is 57.8 Å². The number of nitrogens with two attached hydrogens (primary N) is 1. The first-order chi connectivity index (χ1) is 9.16. The highest BCUT2D eigenvalue weighted by molar-refractivity contribution is 9.10. The molecule has 3 aromatic rings. The summed E-state index contributed by atoms with van der Waals surface area (Å²) in [7, 11) is 0. The van der Waals surface area contributed by atoms with Gasteiger partial charge in [0.25, 0.3) is 0 Å². The Morgan fingerprint density at radius 1 is 1.05 bits per heavy atom. The molecular weight excluding hydrogens is 304 g/mol. The molecule has 3 nitrogen and oxygen atoms in total. The molecular formula is C15H11BrN2O. The zero-order chi connectivity index (χ0) is 13.4. The fourth-order valence-corrected chi connectivity index (χ4v) is 2.52. The first-order valence-corrected chi connectivity index (χ1v) is 6.62. The number of aromatic amines is 1. The molecule has 19 heavy (non-hydrogen) atoms. The van der Waals surface area contributed by atoms with Gasteiger partial charge in [0.1, 0.15) is 5.69 Å². The second-order valence-corrected chi connectivity index (χ2v) is 5.21. The van der Waals surface area contributed by atoms with Crippen molar-refractivity contribution in [3.8, 4) is 11.3 Å². The Kier molecular flexibility index (Phi) is 2.87. The number of aromatic nitrogens is 1. The lowest BCUT2D eigenvalue weighted by Crippen LogP contribution is -2.11. The third-order valence-electron chi connectivity index (χ3n) is 3.06. The minimum atomic E-state index is -0.135. The van der Waals surface area contributed by atoms with E-state index < -0.39 is 0 Å². The van der Waals surface area contributed by atoms with Crippen molar-refractivity contribution in [2.24, 2.45) is 0 Å². The molecule has 0 amide bonds. The van der Waals surface area contributed by atoms with Gasteiger partial charge in [0.15, 0.2) is 0 Å². The van der Waals surface area contributed by atoms with Crippen molar-refractivity contribution in [3.05, 3.63) is 63.2 Å². The van der Waals surface area contributed by atoms with Crippen LogP contribution in [0.1, 0.15) is 0 Å². The van der Waals surface area contributed by atoms with Crippen LogP contribution in [0.2, 0.25) is 0 Å². The number of rotatable bonds is 1. The number of benzene rings is 2. The zero-order valence-electron chi connectivity index (χ0n) is 9.98. The molecule has 0 unspecified atom stereocenters. The maximum Gasteiger partial charge on any atom is 0.212 e. The van der Waals surface area contributed by atoms with Gasteiger partial charge in [0.05, 0.1) is 5.69 Å². The van der Waals surface area contributed by atoms with E-state index in [1.54, 1.807) is 6.07 Å². The number of hydrogen-bond acceptors (Lipinski definition) is 2. The number of nitrogens with one attached hydrogen (secondary N) is 1. The van der Waals surface area contributed by atoms with E-state index in [0.29, 0.717) is 11.1 Å². The summed E-state index contributed by atoms with van der Waals surface area (Å²) in [6.07, 6.45) is 0. The Hall–Kier alpha value is -2.07. The highest BCUT2D eigenvalue weighted by atomic mass is 79.9. The average Bonchev–Trinajstić information content (AvgIpc) is 2.43. The number of fused-ring (bicyclic) bond motifs is 1. The maximum absolute atomic E-state index is 12.3. The van der Waals surface area contributed by atoms with E-state index in [9.17, 15) is 4.79 Å². The molecule has 0 aliphatic rings. The van der Waals surface area contributed by atoms with Crippen molar-refractivity contribution in [2.75, 3.05) is 5.73 Å². The van der Waals surface area contributed by atoms with Crippen LogP contribution >= 0.6 is 15.9 Å². The van der Waals surface area contributed by atoms with Gasteiger partial charge in [0.2, 0.25) is 5.43 Å². The number of anilines is 1. The summed E-state index contributed by atoms with van der Waals surface area (Å²) < 4.78 is 0.943. The molecule has 4 heteroatoms. The number of nitrogen functional groups attached to an aromatic ring is 1. The summed E-state index contributed by atoms with van der Waals surface area (Å²) in [6.45, 7) is 0. The molecule has 1 aromatic heterocycles. The van der Waals surface area contributed by atoms with Gasteiger partial charge in [0, 0.05) is 20.9 Å². The zero-order valence-corrected chi connectivity index (χ0v) is 11.6. The van der Waals surface area contributed by atoms with Gasteiger partial charge in [-0.3, -0.25) is 4.79 Å². The Morgan fingerprint density at radius 3 is 2.63 bits per heavy atom. The van der Waals surface area contributed by atoms with Gasteiger partial charge in [-0.2, -0.15) is 0 Å². The predicted molar refractivity (Wildman–Crippen MR) is 82.1 cm³/mol. The van der Waals surface area contributed by atoms with Crippen LogP contribution in [0.4, 0.5) is 5.69 Å². The smallest absolute Gasteiger partial charge is 0.212 e. The topological polar surface area (TPSA) is 58.9 Å². The monoisotopic (exact) mass is 314 g/mol. The van der Waals surface area contributed by atoms with E-state index >= 15 is 0 Å². The third kappa shape index (κ3) is 2.04. The predicted octanol–water partition coefficient (Wildman–Crippen LogP) is 3.54. The summed E-state index contributed by atoms with van der Waals surface area (Å²) in [6, 6.07) is 15.0. The summed E-state index contributed by atoms with van der Waals surface area (Å²) >= 11 is 3.42. The van der Waals surface area contributed by atoms with Gasteiger partial charge >= 0.3 is 0 Å². The minimum Gasteiger partial charge on any atom is -0.394 e. The van der Waals surface area contributed by atoms with E-state index in [-0.39, 0.29) is 11.1 Å². The normalized spacial score (nSPS) is 10.8. The number of pyridine rings is 1. The molecule has 0 atom stereocenters. The van der Waals surface area contributed by atoms with Crippen molar-refractivity contribution < 1.29 is 0 Å². The molecule has 2 aromatic carbocycles. The van der Waals surface area contributed by atoms with Crippen LogP contribution in [0.5, 0.6) is 0 Å². The molecule has 3 rings (SSSR count). The Balaban J connectivity index is 2.36. The maximum atomic E-state index is 12.3. The molecule has 0 bridgehead atoms. The van der Waals surface area contributed by atoms with E-state index in [2.05, 4.69) is 20.9 Å². The number of H-pyrrole nitrogens is 1. The number of halogens is 1. The summed E-state index contributed by atoms with van der Waals surface area (Å²) in [5.74, 6) is 0. The number of hydrogen-bond donors (Lipinski definition) is 2. The van der Waals surface area contributed by atoms with Gasteiger partial charge in [-0.15, -0.1) is 0 Å². The van der Waals surface area contributed by atoms with Crippen LogP contribution in [0.3, 0.4) is 0 Å². The lowest BCUT2D eigenvalue weighted by molar-refractivity contribution is 1.38. The second-order valence-electron chi connectivity index (χ2n) is 4.30. The average molecular weight is 315 g/mol. The summed E-state index contributed by atoms with van der Waals surface area (Å²) in [5.41, 5.74) is 8.41. The SMILES string of the molecule is Nc1c(-c2cccc(Br)c2)[nH]c2ccccc2c1=O. The highest BCUT2D eigenvalue weighted by Crippen LogP contribution is 2.26. The molecule has 1 heterocycles. The third-order valence-corrected chi connectivity index (χ3v) is 3.55. The van der Waals surface area contributed by atoms with Crippen molar-refractivity contribution in [1.82, 2.24) is 4.98 Å². The summed E-state index contributed by atoms with van der Waals surface area (Å²) in [4.78, 5) is 15.5. The van der Waals surface area contributed by atoms with Gasteiger partial charge in [-0.25, -0.2) is 0 Å². The molecule has 0 saturated heterocycles. The lowest BCUT2D eigenvalue weighted by atomic mass is 10.1. The van der Waals surface area contributed by atoms with Crippen LogP contribution in [0.25, 0.3) is 22.2 Å². The Bertz CT molecular complexity index is 824. The first kappa shape index (κ1) is 12.0. The van der Waals surface area contributed by atoms with E-state index in [1.165, 1.54) is 0 Å². The van der Waals surface area contributed by atoms with Crippen LogP contribution in [-0.2, 0) is 0 Å². The van der Waals surface area contributed by atoms with Gasteiger partial charge in [-0.05, 0) is 24.3 Å². The number of para-hydroxylation sites is 1. The first-order valence-electron chi connectivity index (χ1n) is 5.83. The van der Waals surface area contributed by atoms with Gasteiger partial charge in [-0.1, -0.05) is 40.2 Å². The molecule has 0 spiro atoms. The molecule has 0 saturated carbocycles. The lowest BCUT2D eigenvalue weighted by Gasteiger charge is -2.08. The summed E-state index contributed by atoms with van der Waals surface area (Å²) in [5, 5.41) is 0.610. The minimum absolute atomic E-state index is 0.135. The standard InChI is InChI=1S/C15H11BrN2O/c16-10-5-3-4-9(8-10)14-13(17)15(19)11-6-1-2-7-12(11)18-14/h1-8H,17H2,(H,18,19). The molecule has 0 aliphatic carbocycles. The molecule has 94 valence electrons. The van der Waals surface area contributed by atoms with Crippen LogP contribution in [0, 0.1) is 0 Å². The van der Waals surface area contributed by atoms with Crippen molar-refractivity contribution in [1.29, 1.82) is 0 Å². The van der Waals surface area contributed by atoms with Crippen molar-refractivity contribution in [2.45, 2.75) is 0 Å². The fraction of sp³-hybridized carbons (Fsp3) is 0. The van der Waals surface area contributed by atoms with Crippen LogP contribution in [-0.4, -0.2) is 4.98 Å². The Morgan fingerprint density at radius 2 is 1.84 bits per heavy atom. The van der Waals surface area contributed by atoms with E-state index in [0.717, 1.165) is 15.6 Å². The quantitative estimate of drug-likeness (QED) is 0.721. The molecule has 0 radical (unpaired) electrons. The fourth-order valence-electron chi connectivity index (χ4n) is 2.12. The molecule has 0 fully saturated rings. The van der Waals surface area contributed by atoms with Gasteiger partial charge < -0.3 is 10.7 Å². The van der Waals surface area contributed by atoms with E-state index in [4.69, 9.17) is 5.73 Å². The van der Waals surface area contributed by atoms with Crippen molar-refractivity contribution >= 4 is 32.5 Å². The van der Waals surface area contributed by atoms with Crippen LogP contribution < -0.4 is 11.2 Å². The Labute approximate surface area is 118 Å².